The highest BCUT2D eigenvalue weighted by molar-refractivity contribution is 5.93. The van der Waals surface area contributed by atoms with Crippen LogP contribution < -0.4 is 5.32 Å². The summed E-state index contributed by atoms with van der Waals surface area (Å²) in [6, 6.07) is 6.59. The fourth-order valence-corrected chi connectivity index (χ4v) is 4.53. The molecule has 29 heavy (non-hydrogen) atoms. The van der Waals surface area contributed by atoms with Crippen molar-refractivity contribution in [3.05, 3.63) is 40.7 Å². The summed E-state index contributed by atoms with van der Waals surface area (Å²) in [5, 5.41) is 11.7. The van der Waals surface area contributed by atoms with Crippen molar-refractivity contribution in [3.63, 3.8) is 0 Å². The van der Waals surface area contributed by atoms with Gasteiger partial charge in [-0.25, -0.2) is 4.68 Å². The number of hydrogen-bond acceptors (Lipinski definition) is 5. The highest BCUT2D eigenvalue weighted by atomic mass is 16.5. The maximum absolute atomic E-state index is 12.8. The largest absolute Gasteiger partial charge is 0.383 e. The first-order valence-corrected chi connectivity index (χ1v) is 10.7. The van der Waals surface area contributed by atoms with Crippen LogP contribution in [-0.2, 0) is 17.7 Å². The number of rotatable bonds is 6. The summed E-state index contributed by atoms with van der Waals surface area (Å²) in [5.41, 5.74) is 4.89. The fourth-order valence-electron chi connectivity index (χ4n) is 4.53. The van der Waals surface area contributed by atoms with Crippen LogP contribution in [0.15, 0.2) is 18.2 Å². The molecule has 4 rings (SSSR count). The Kier molecular flexibility index (Phi) is 6.25. The minimum Gasteiger partial charge on any atom is -0.383 e. The van der Waals surface area contributed by atoms with Crippen LogP contribution in [0.2, 0.25) is 0 Å². The Morgan fingerprint density at radius 2 is 2.10 bits per heavy atom. The van der Waals surface area contributed by atoms with Gasteiger partial charge >= 0.3 is 0 Å². The van der Waals surface area contributed by atoms with Crippen molar-refractivity contribution in [2.75, 3.05) is 26.8 Å². The number of ether oxygens (including phenoxy) is 1. The lowest BCUT2D eigenvalue weighted by Crippen LogP contribution is -2.36. The Bertz CT molecular complexity index is 857. The van der Waals surface area contributed by atoms with Crippen LogP contribution in [0.3, 0.4) is 0 Å². The van der Waals surface area contributed by atoms with Gasteiger partial charge in [0, 0.05) is 32.8 Å². The van der Waals surface area contributed by atoms with Crippen molar-refractivity contribution in [3.8, 4) is 5.69 Å². The third-order valence-electron chi connectivity index (χ3n) is 6.21. The quantitative estimate of drug-likeness (QED) is 0.811. The van der Waals surface area contributed by atoms with Crippen molar-refractivity contribution in [2.45, 2.75) is 58.0 Å². The zero-order chi connectivity index (χ0) is 20.2. The molecule has 1 N–H and O–H groups in total. The van der Waals surface area contributed by atoms with E-state index in [0.29, 0.717) is 5.69 Å². The van der Waals surface area contributed by atoms with E-state index < -0.39 is 0 Å². The lowest BCUT2D eigenvalue weighted by atomic mass is 9.95. The van der Waals surface area contributed by atoms with Gasteiger partial charge in [-0.05, 0) is 43.4 Å². The third-order valence-corrected chi connectivity index (χ3v) is 6.21. The normalized spacial score (nSPS) is 17.9. The smallest absolute Gasteiger partial charge is 0.273 e. The number of nitrogens with zero attached hydrogens (tertiary/aromatic N) is 4. The molecule has 0 radical (unpaired) electrons. The molecule has 1 aliphatic carbocycles. The zero-order valence-electron chi connectivity index (χ0n) is 17.5. The van der Waals surface area contributed by atoms with Crippen LogP contribution in [0.25, 0.3) is 5.69 Å². The lowest BCUT2D eigenvalue weighted by molar-refractivity contribution is 0.0922. The van der Waals surface area contributed by atoms with E-state index in [1.807, 2.05) is 11.6 Å². The zero-order valence-corrected chi connectivity index (χ0v) is 17.5. The van der Waals surface area contributed by atoms with E-state index in [1.54, 1.807) is 7.11 Å². The highest BCUT2D eigenvalue weighted by Crippen LogP contribution is 2.26. The molecule has 7 nitrogen and oxygen atoms in total. The van der Waals surface area contributed by atoms with Gasteiger partial charge in [0.25, 0.3) is 5.91 Å². The monoisotopic (exact) mass is 397 g/mol. The topological polar surface area (TPSA) is 72.3 Å². The summed E-state index contributed by atoms with van der Waals surface area (Å²) in [6.45, 7) is 5.53. The molecule has 0 spiro atoms. The van der Waals surface area contributed by atoms with E-state index in [4.69, 9.17) is 4.74 Å². The number of carbonyl (C=O) groups excluding carboxylic acids is 1. The van der Waals surface area contributed by atoms with Crippen LogP contribution >= 0.6 is 0 Å². The molecule has 0 bridgehead atoms. The number of methoxy groups -OCH3 is 1. The van der Waals surface area contributed by atoms with Gasteiger partial charge in [0.15, 0.2) is 5.69 Å². The molecule has 1 aromatic carbocycles. The predicted octanol–water partition coefficient (Wildman–Crippen LogP) is 2.64. The van der Waals surface area contributed by atoms with E-state index in [-0.39, 0.29) is 11.9 Å². The first-order chi connectivity index (χ1) is 14.2. The second-order valence-electron chi connectivity index (χ2n) is 8.18. The molecule has 1 aliphatic heterocycles. The fraction of sp³-hybridized carbons (Fsp3) is 0.591. The Balaban J connectivity index is 1.53. The summed E-state index contributed by atoms with van der Waals surface area (Å²) in [6.07, 6.45) is 6.72. The number of fused-ring (bicyclic) bond motifs is 1. The van der Waals surface area contributed by atoms with E-state index >= 15 is 0 Å². The SMILES string of the molecule is COCCN1CCc2c(cccc2-n2nnc(C(=O)NC3CCCCC3)c2C)C1. The number of benzene rings is 1. The lowest BCUT2D eigenvalue weighted by Gasteiger charge is -2.29. The van der Waals surface area contributed by atoms with Gasteiger partial charge in [-0.3, -0.25) is 9.69 Å². The van der Waals surface area contributed by atoms with E-state index in [9.17, 15) is 4.79 Å². The van der Waals surface area contributed by atoms with Gasteiger partial charge in [0.2, 0.25) is 0 Å². The van der Waals surface area contributed by atoms with Crippen molar-refractivity contribution in [1.29, 1.82) is 0 Å². The molecule has 0 unspecified atom stereocenters. The molecule has 7 heteroatoms. The average Bonchev–Trinajstić information content (AvgIpc) is 3.13. The Hall–Kier alpha value is -2.25. The maximum Gasteiger partial charge on any atom is 0.273 e. The van der Waals surface area contributed by atoms with Crippen LogP contribution in [0, 0.1) is 6.92 Å². The first-order valence-electron chi connectivity index (χ1n) is 10.7. The van der Waals surface area contributed by atoms with E-state index in [0.717, 1.165) is 56.9 Å². The summed E-state index contributed by atoms with van der Waals surface area (Å²) < 4.78 is 7.05. The van der Waals surface area contributed by atoms with Crippen molar-refractivity contribution >= 4 is 5.91 Å². The molecule has 1 saturated carbocycles. The highest BCUT2D eigenvalue weighted by Gasteiger charge is 2.24. The molecule has 1 aromatic heterocycles. The maximum atomic E-state index is 12.8. The molecule has 2 heterocycles. The van der Waals surface area contributed by atoms with Crippen LogP contribution in [0.5, 0.6) is 0 Å². The Morgan fingerprint density at radius 1 is 1.28 bits per heavy atom. The number of hydrogen-bond donors (Lipinski definition) is 1. The number of aromatic nitrogens is 3. The number of nitrogens with one attached hydrogen (secondary N) is 1. The molecular weight excluding hydrogens is 366 g/mol. The van der Waals surface area contributed by atoms with E-state index in [2.05, 4.69) is 38.7 Å². The van der Waals surface area contributed by atoms with Crippen molar-refractivity contribution < 1.29 is 9.53 Å². The van der Waals surface area contributed by atoms with Gasteiger partial charge in [-0.1, -0.05) is 36.6 Å². The molecule has 2 aliphatic rings. The van der Waals surface area contributed by atoms with Gasteiger partial charge in [0.1, 0.15) is 0 Å². The van der Waals surface area contributed by atoms with Gasteiger partial charge in [-0.15, -0.1) is 5.10 Å². The number of carbonyl (C=O) groups is 1. The Morgan fingerprint density at radius 3 is 2.90 bits per heavy atom. The van der Waals surface area contributed by atoms with Crippen molar-refractivity contribution in [1.82, 2.24) is 25.2 Å². The Labute approximate surface area is 172 Å². The van der Waals surface area contributed by atoms with Crippen LogP contribution in [0.1, 0.15) is 59.4 Å². The molecule has 2 aromatic rings. The third kappa shape index (κ3) is 4.36. The first kappa shape index (κ1) is 20.0. The molecule has 1 fully saturated rings. The second-order valence-corrected chi connectivity index (χ2v) is 8.18. The number of amides is 1. The standard InChI is InChI=1S/C22H31N5O2/c1-16-21(22(28)23-18-8-4-3-5-9-18)24-25-27(16)20-10-6-7-17-15-26(13-14-29-2)12-11-19(17)20/h6-7,10,18H,3-5,8-9,11-15H2,1-2H3,(H,23,28). The van der Waals surface area contributed by atoms with Gasteiger partial charge in [0.05, 0.1) is 18.0 Å². The molecule has 0 saturated heterocycles. The molecule has 1 amide bonds. The van der Waals surface area contributed by atoms with Crippen LogP contribution in [-0.4, -0.2) is 58.6 Å². The minimum absolute atomic E-state index is 0.101. The molecular formula is C22H31N5O2. The van der Waals surface area contributed by atoms with Gasteiger partial charge < -0.3 is 10.1 Å². The summed E-state index contributed by atoms with van der Waals surface area (Å²) in [4.78, 5) is 15.2. The van der Waals surface area contributed by atoms with Crippen molar-refractivity contribution in [2.24, 2.45) is 0 Å². The predicted molar refractivity (Wildman–Crippen MR) is 111 cm³/mol. The molecule has 156 valence electrons. The van der Waals surface area contributed by atoms with E-state index in [1.165, 1.54) is 30.4 Å². The average molecular weight is 398 g/mol. The minimum atomic E-state index is -0.101. The molecule has 0 atom stereocenters. The van der Waals surface area contributed by atoms with Gasteiger partial charge in [-0.2, -0.15) is 0 Å². The second kappa shape index (κ2) is 9.05. The summed E-state index contributed by atoms with van der Waals surface area (Å²) in [5.74, 6) is -0.101. The summed E-state index contributed by atoms with van der Waals surface area (Å²) >= 11 is 0. The summed E-state index contributed by atoms with van der Waals surface area (Å²) in [7, 11) is 1.74. The van der Waals surface area contributed by atoms with Crippen LogP contribution in [0.4, 0.5) is 0 Å².